The van der Waals surface area contributed by atoms with Crippen molar-refractivity contribution in [2.75, 3.05) is 12.4 Å². The number of aromatic nitrogens is 3. The summed E-state index contributed by atoms with van der Waals surface area (Å²) in [5.74, 6) is 0.621. The van der Waals surface area contributed by atoms with Gasteiger partial charge >= 0.3 is 0 Å². The molecule has 0 aliphatic carbocycles. The third kappa shape index (κ3) is 4.46. The first-order valence-electron chi connectivity index (χ1n) is 9.24. The van der Waals surface area contributed by atoms with Crippen molar-refractivity contribution in [1.82, 2.24) is 14.8 Å². The standard InChI is InChI=1S/C22H21FN4OS/c1-15-21(20-11-12-27(26-20)14-17-5-3-4-6-19(17)23)29-22(25-15)24-13-16-7-9-18(28-2)10-8-16/h3-12H,13-14H2,1-2H3,(H,24,25). The van der Waals surface area contributed by atoms with E-state index in [-0.39, 0.29) is 5.82 Å². The number of rotatable bonds is 7. The largest absolute Gasteiger partial charge is 0.497 e. The van der Waals surface area contributed by atoms with Gasteiger partial charge < -0.3 is 10.1 Å². The molecule has 0 aliphatic rings. The van der Waals surface area contributed by atoms with Crippen molar-refractivity contribution in [2.24, 2.45) is 0 Å². The first-order valence-corrected chi connectivity index (χ1v) is 10.1. The Morgan fingerprint density at radius 1 is 1.10 bits per heavy atom. The number of hydrogen-bond donors (Lipinski definition) is 1. The van der Waals surface area contributed by atoms with Crippen LogP contribution >= 0.6 is 11.3 Å². The Balaban J connectivity index is 1.45. The molecule has 0 saturated carbocycles. The lowest BCUT2D eigenvalue weighted by Gasteiger charge is -2.04. The third-order valence-corrected chi connectivity index (χ3v) is 5.70. The smallest absolute Gasteiger partial charge is 0.183 e. The molecule has 0 atom stereocenters. The van der Waals surface area contributed by atoms with Crippen LogP contribution in [0.5, 0.6) is 5.75 Å². The van der Waals surface area contributed by atoms with Crippen LogP contribution in [0.2, 0.25) is 0 Å². The number of halogens is 1. The number of ether oxygens (including phenoxy) is 1. The molecule has 2 aromatic carbocycles. The SMILES string of the molecule is COc1ccc(CNc2nc(C)c(-c3ccn(Cc4ccccc4F)n3)s2)cc1. The highest BCUT2D eigenvalue weighted by atomic mass is 32.1. The van der Waals surface area contributed by atoms with E-state index in [4.69, 9.17) is 4.74 Å². The van der Waals surface area contributed by atoms with E-state index in [2.05, 4.69) is 15.4 Å². The van der Waals surface area contributed by atoms with E-state index in [1.807, 2.05) is 49.5 Å². The number of aryl methyl sites for hydroxylation is 1. The van der Waals surface area contributed by atoms with Gasteiger partial charge in [-0.15, -0.1) is 0 Å². The molecule has 0 radical (unpaired) electrons. The van der Waals surface area contributed by atoms with Crippen LogP contribution in [0, 0.1) is 12.7 Å². The Kier molecular flexibility index (Phi) is 5.57. The summed E-state index contributed by atoms with van der Waals surface area (Å²) in [6.07, 6.45) is 1.87. The maximum absolute atomic E-state index is 13.9. The summed E-state index contributed by atoms with van der Waals surface area (Å²) in [5.41, 5.74) is 3.52. The molecule has 2 heterocycles. The topological polar surface area (TPSA) is 52.0 Å². The zero-order chi connectivity index (χ0) is 20.2. The van der Waals surface area contributed by atoms with Crippen LogP contribution < -0.4 is 10.1 Å². The minimum atomic E-state index is -0.219. The molecular formula is C22H21FN4OS. The van der Waals surface area contributed by atoms with Gasteiger partial charge in [0.25, 0.3) is 0 Å². The second kappa shape index (κ2) is 8.45. The van der Waals surface area contributed by atoms with Crippen molar-refractivity contribution in [3.8, 4) is 16.3 Å². The molecule has 0 saturated heterocycles. The van der Waals surface area contributed by atoms with Gasteiger partial charge in [-0.2, -0.15) is 5.10 Å². The lowest BCUT2D eigenvalue weighted by Crippen LogP contribution is -2.02. The van der Waals surface area contributed by atoms with E-state index in [9.17, 15) is 4.39 Å². The summed E-state index contributed by atoms with van der Waals surface area (Å²) in [6, 6.07) is 16.6. The molecular weight excluding hydrogens is 387 g/mol. The van der Waals surface area contributed by atoms with Crippen LogP contribution in [-0.4, -0.2) is 21.9 Å². The zero-order valence-electron chi connectivity index (χ0n) is 16.2. The molecule has 4 aromatic rings. The van der Waals surface area contributed by atoms with Crippen molar-refractivity contribution in [3.63, 3.8) is 0 Å². The fraction of sp³-hybridized carbons (Fsp3) is 0.182. The maximum Gasteiger partial charge on any atom is 0.183 e. The van der Waals surface area contributed by atoms with Gasteiger partial charge in [0, 0.05) is 18.3 Å². The second-order valence-corrected chi connectivity index (χ2v) is 7.62. The van der Waals surface area contributed by atoms with Crippen LogP contribution in [0.1, 0.15) is 16.8 Å². The highest BCUT2D eigenvalue weighted by Crippen LogP contribution is 2.32. The number of methoxy groups -OCH3 is 1. The molecule has 0 amide bonds. The Morgan fingerprint density at radius 3 is 2.66 bits per heavy atom. The lowest BCUT2D eigenvalue weighted by molar-refractivity contribution is 0.414. The molecule has 2 aromatic heterocycles. The minimum absolute atomic E-state index is 0.219. The quantitative estimate of drug-likeness (QED) is 0.461. The third-order valence-electron chi connectivity index (χ3n) is 4.56. The van der Waals surface area contributed by atoms with Gasteiger partial charge in [-0.25, -0.2) is 9.37 Å². The summed E-state index contributed by atoms with van der Waals surface area (Å²) >= 11 is 1.57. The Morgan fingerprint density at radius 2 is 1.90 bits per heavy atom. The van der Waals surface area contributed by atoms with Gasteiger partial charge in [0.1, 0.15) is 17.3 Å². The van der Waals surface area contributed by atoms with Gasteiger partial charge in [-0.05, 0) is 36.8 Å². The number of thiazole rings is 1. The first kappa shape index (κ1) is 19.1. The molecule has 1 N–H and O–H groups in total. The molecule has 4 rings (SSSR count). The molecule has 0 unspecified atom stereocenters. The highest BCUT2D eigenvalue weighted by Gasteiger charge is 2.13. The van der Waals surface area contributed by atoms with Crippen molar-refractivity contribution >= 4 is 16.5 Å². The molecule has 148 valence electrons. The van der Waals surface area contributed by atoms with Gasteiger partial charge in [0.2, 0.25) is 0 Å². The van der Waals surface area contributed by atoms with Crippen LogP contribution in [0.4, 0.5) is 9.52 Å². The molecule has 0 spiro atoms. The number of benzene rings is 2. The van der Waals surface area contributed by atoms with Gasteiger partial charge in [0.05, 0.1) is 24.2 Å². The Bertz CT molecular complexity index is 1100. The average molecular weight is 409 g/mol. The van der Waals surface area contributed by atoms with E-state index in [0.717, 1.165) is 32.7 Å². The summed E-state index contributed by atoms with van der Waals surface area (Å²) in [5, 5.41) is 8.82. The fourth-order valence-corrected chi connectivity index (χ4v) is 3.93. The van der Waals surface area contributed by atoms with Crippen LogP contribution in [0.3, 0.4) is 0 Å². The van der Waals surface area contributed by atoms with Crippen LogP contribution in [0.15, 0.2) is 60.8 Å². The normalized spacial score (nSPS) is 10.9. The number of nitrogens with zero attached hydrogens (tertiary/aromatic N) is 3. The van der Waals surface area contributed by atoms with E-state index in [1.54, 1.807) is 35.3 Å². The number of hydrogen-bond acceptors (Lipinski definition) is 5. The molecule has 29 heavy (non-hydrogen) atoms. The lowest BCUT2D eigenvalue weighted by atomic mass is 10.2. The summed E-state index contributed by atoms with van der Waals surface area (Å²) in [6.45, 7) is 3.05. The molecule has 0 aliphatic heterocycles. The highest BCUT2D eigenvalue weighted by molar-refractivity contribution is 7.19. The molecule has 7 heteroatoms. The summed E-state index contributed by atoms with van der Waals surface area (Å²) in [7, 11) is 1.66. The van der Waals surface area contributed by atoms with Crippen molar-refractivity contribution in [3.05, 3.63) is 83.4 Å². The predicted molar refractivity (Wildman–Crippen MR) is 114 cm³/mol. The van der Waals surface area contributed by atoms with E-state index in [1.165, 1.54) is 6.07 Å². The fourth-order valence-electron chi connectivity index (χ4n) is 3.00. The summed E-state index contributed by atoms with van der Waals surface area (Å²) < 4.78 is 20.8. The Labute approximate surface area is 172 Å². The minimum Gasteiger partial charge on any atom is -0.497 e. The molecule has 0 fully saturated rings. The predicted octanol–water partition coefficient (Wildman–Crippen LogP) is 5.12. The van der Waals surface area contributed by atoms with Crippen molar-refractivity contribution < 1.29 is 9.13 Å². The molecule has 5 nitrogen and oxygen atoms in total. The van der Waals surface area contributed by atoms with Crippen LogP contribution in [-0.2, 0) is 13.1 Å². The van der Waals surface area contributed by atoms with Gasteiger partial charge in [-0.1, -0.05) is 41.7 Å². The van der Waals surface area contributed by atoms with Crippen molar-refractivity contribution in [1.29, 1.82) is 0 Å². The van der Waals surface area contributed by atoms with E-state index < -0.39 is 0 Å². The van der Waals surface area contributed by atoms with Crippen LogP contribution in [0.25, 0.3) is 10.6 Å². The second-order valence-electron chi connectivity index (χ2n) is 6.63. The number of anilines is 1. The van der Waals surface area contributed by atoms with E-state index in [0.29, 0.717) is 18.7 Å². The monoisotopic (exact) mass is 408 g/mol. The molecule has 0 bridgehead atoms. The average Bonchev–Trinajstić information content (AvgIpc) is 3.34. The zero-order valence-corrected chi connectivity index (χ0v) is 17.0. The maximum atomic E-state index is 13.9. The Hall–Kier alpha value is -3.19. The van der Waals surface area contributed by atoms with Gasteiger partial charge in [0.15, 0.2) is 5.13 Å². The van der Waals surface area contributed by atoms with Gasteiger partial charge in [-0.3, -0.25) is 4.68 Å². The summed E-state index contributed by atoms with van der Waals surface area (Å²) in [4.78, 5) is 5.63. The van der Waals surface area contributed by atoms with Crippen molar-refractivity contribution in [2.45, 2.75) is 20.0 Å². The number of nitrogens with one attached hydrogen (secondary N) is 1. The first-order chi connectivity index (χ1) is 14.1. The van der Waals surface area contributed by atoms with E-state index >= 15 is 0 Å².